The molecule has 2 fully saturated rings. The third kappa shape index (κ3) is 6.78. The van der Waals surface area contributed by atoms with Crippen molar-refractivity contribution < 1.29 is 36.0 Å². The molecular formula is C19H33N3O8S. The number of carbonyl (C=O) groups is 3. The van der Waals surface area contributed by atoms with Gasteiger partial charge in [-0.05, 0) is 30.1 Å². The molecule has 31 heavy (non-hydrogen) atoms. The number of hydroxylamine groups is 2. The van der Waals surface area contributed by atoms with Crippen molar-refractivity contribution in [1.29, 1.82) is 0 Å². The first-order valence-corrected chi connectivity index (χ1v) is 11.6. The summed E-state index contributed by atoms with van der Waals surface area (Å²) in [4.78, 5) is 36.6. The van der Waals surface area contributed by atoms with E-state index in [2.05, 4.69) is 0 Å². The first-order valence-electron chi connectivity index (χ1n) is 10.3. The van der Waals surface area contributed by atoms with Gasteiger partial charge in [-0.15, -0.1) is 4.28 Å². The van der Waals surface area contributed by atoms with E-state index in [1.165, 1.54) is 4.90 Å². The molecule has 0 spiro atoms. The SMILES string of the molecule is CCC(=O)OCC(C)(C)CC(C)(C)COS(=O)(=O)ON1C(=O)N2CC1CCC2C(N)=O. The van der Waals surface area contributed by atoms with E-state index in [9.17, 15) is 22.8 Å². The fourth-order valence-corrected chi connectivity index (χ4v) is 5.04. The summed E-state index contributed by atoms with van der Waals surface area (Å²) < 4.78 is 40.0. The fraction of sp³-hybridized carbons (Fsp3) is 0.842. The molecule has 2 N–H and O–H groups in total. The first-order chi connectivity index (χ1) is 14.2. The van der Waals surface area contributed by atoms with Crippen LogP contribution in [-0.4, -0.2) is 68.1 Å². The van der Waals surface area contributed by atoms with Crippen molar-refractivity contribution in [3.05, 3.63) is 0 Å². The van der Waals surface area contributed by atoms with E-state index in [4.69, 9.17) is 18.9 Å². The van der Waals surface area contributed by atoms with E-state index in [1.807, 2.05) is 27.7 Å². The normalized spacial score (nSPS) is 22.0. The number of nitrogens with zero attached hydrogens (tertiary/aromatic N) is 2. The average molecular weight is 464 g/mol. The number of amides is 3. The molecule has 2 atom stereocenters. The molecule has 3 amide bonds. The molecule has 12 heteroatoms. The maximum atomic E-state index is 12.5. The van der Waals surface area contributed by atoms with Crippen molar-refractivity contribution in [2.45, 2.75) is 72.4 Å². The standard InChI is InChI=1S/C19H33N3O8S/c1-6-15(23)28-11-18(2,3)10-19(4,5)12-29-31(26,27)30-22-13-7-8-14(16(20)24)21(9-13)17(22)25/h13-14H,6-12H2,1-5H3,(H2,20,24). The maximum Gasteiger partial charge on any atom is 0.421 e. The van der Waals surface area contributed by atoms with E-state index in [1.54, 1.807) is 6.92 Å². The van der Waals surface area contributed by atoms with E-state index < -0.39 is 45.3 Å². The fourth-order valence-electron chi connectivity index (χ4n) is 4.15. The zero-order valence-corrected chi connectivity index (χ0v) is 19.6. The molecule has 0 aliphatic carbocycles. The van der Waals surface area contributed by atoms with Crippen LogP contribution in [0.25, 0.3) is 0 Å². The Morgan fingerprint density at radius 1 is 1.13 bits per heavy atom. The topological polar surface area (TPSA) is 146 Å². The van der Waals surface area contributed by atoms with Crippen LogP contribution in [0.1, 0.15) is 60.3 Å². The van der Waals surface area contributed by atoms with Crippen LogP contribution in [0.4, 0.5) is 4.79 Å². The van der Waals surface area contributed by atoms with Gasteiger partial charge in [-0.3, -0.25) is 9.59 Å². The van der Waals surface area contributed by atoms with Crippen molar-refractivity contribution in [3.63, 3.8) is 0 Å². The molecule has 0 aromatic heterocycles. The van der Waals surface area contributed by atoms with Gasteiger partial charge in [-0.25, -0.2) is 8.98 Å². The number of nitrogens with two attached hydrogens (primary N) is 1. The molecule has 2 saturated heterocycles. The van der Waals surface area contributed by atoms with Gasteiger partial charge in [0, 0.05) is 13.0 Å². The number of hydrogen-bond acceptors (Lipinski definition) is 8. The molecule has 2 heterocycles. The van der Waals surface area contributed by atoms with Crippen molar-refractivity contribution in [1.82, 2.24) is 9.96 Å². The number of hydrogen-bond donors (Lipinski definition) is 1. The molecule has 0 radical (unpaired) electrons. The highest BCUT2D eigenvalue weighted by Gasteiger charge is 2.49. The number of piperidine rings is 1. The third-order valence-corrected chi connectivity index (χ3v) is 6.04. The van der Waals surface area contributed by atoms with Crippen molar-refractivity contribution >= 4 is 28.3 Å². The highest BCUT2D eigenvalue weighted by molar-refractivity contribution is 7.81. The Morgan fingerprint density at radius 3 is 2.32 bits per heavy atom. The van der Waals surface area contributed by atoms with E-state index in [-0.39, 0.29) is 32.1 Å². The van der Waals surface area contributed by atoms with Gasteiger partial charge < -0.3 is 15.4 Å². The number of rotatable bonds is 11. The lowest BCUT2D eigenvalue weighted by Crippen LogP contribution is -2.47. The summed E-state index contributed by atoms with van der Waals surface area (Å²) >= 11 is 0. The van der Waals surface area contributed by atoms with Gasteiger partial charge in [0.25, 0.3) is 0 Å². The molecule has 2 aliphatic heterocycles. The molecular weight excluding hydrogens is 430 g/mol. The quantitative estimate of drug-likeness (QED) is 0.452. The van der Waals surface area contributed by atoms with Crippen LogP contribution in [0.3, 0.4) is 0 Å². The molecule has 2 unspecified atom stereocenters. The van der Waals surface area contributed by atoms with E-state index >= 15 is 0 Å². The number of carbonyl (C=O) groups excluding carboxylic acids is 3. The summed E-state index contributed by atoms with van der Waals surface area (Å²) in [5.41, 5.74) is 4.32. The van der Waals surface area contributed by atoms with Crippen molar-refractivity contribution in [2.75, 3.05) is 19.8 Å². The Labute approximate surface area is 183 Å². The molecule has 2 bridgehead atoms. The Balaban J connectivity index is 1.93. The second-order valence-corrected chi connectivity index (χ2v) is 10.9. The summed E-state index contributed by atoms with van der Waals surface area (Å²) in [5, 5.41) is 0.749. The number of esters is 1. The van der Waals surface area contributed by atoms with Crippen LogP contribution in [0, 0.1) is 10.8 Å². The van der Waals surface area contributed by atoms with Gasteiger partial charge in [0.2, 0.25) is 5.91 Å². The molecule has 178 valence electrons. The molecule has 0 aromatic rings. The number of urea groups is 1. The third-order valence-electron chi connectivity index (χ3n) is 5.29. The predicted octanol–water partition coefficient (Wildman–Crippen LogP) is 1.33. The van der Waals surface area contributed by atoms with Crippen LogP contribution >= 0.6 is 0 Å². The lowest BCUT2D eigenvalue weighted by molar-refractivity contribution is -0.147. The zero-order chi connectivity index (χ0) is 23.6. The average Bonchev–Trinajstić information content (AvgIpc) is 2.88. The lowest BCUT2D eigenvalue weighted by Gasteiger charge is -2.34. The number of ether oxygens (including phenoxy) is 1. The predicted molar refractivity (Wildman–Crippen MR) is 109 cm³/mol. The Morgan fingerprint density at radius 2 is 1.74 bits per heavy atom. The highest BCUT2D eigenvalue weighted by Crippen LogP contribution is 2.35. The lowest BCUT2D eigenvalue weighted by atomic mass is 9.76. The smallest absolute Gasteiger partial charge is 0.421 e. The molecule has 2 aliphatic rings. The van der Waals surface area contributed by atoms with Crippen LogP contribution in [0.2, 0.25) is 0 Å². The van der Waals surface area contributed by atoms with Gasteiger partial charge in [0.05, 0.1) is 19.3 Å². The summed E-state index contributed by atoms with van der Waals surface area (Å²) in [6, 6.07) is -2.00. The number of primary amides is 1. The van der Waals surface area contributed by atoms with Gasteiger partial charge in [-0.1, -0.05) is 34.6 Å². The summed E-state index contributed by atoms with van der Waals surface area (Å²) in [6.45, 7) is 9.35. The van der Waals surface area contributed by atoms with E-state index in [0.29, 0.717) is 19.3 Å². The van der Waals surface area contributed by atoms with Crippen molar-refractivity contribution in [3.8, 4) is 0 Å². The van der Waals surface area contributed by atoms with Crippen molar-refractivity contribution in [2.24, 2.45) is 16.6 Å². The second kappa shape index (κ2) is 9.29. The first kappa shape index (κ1) is 25.3. The minimum atomic E-state index is -4.52. The Hall–Kier alpha value is -1.92. The largest absolute Gasteiger partial charge is 0.465 e. The van der Waals surface area contributed by atoms with Gasteiger partial charge in [-0.2, -0.15) is 13.5 Å². The summed E-state index contributed by atoms with van der Waals surface area (Å²) in [6.07, 6.45) is 1.52. The summed E-state index contributed by atoms with van der Waals surface area (Å²) in [5.74, 6) is -0.936. The maximum absolute atomic E-state index is 12.5. The summed E-state index contributed by atoms with van der Waals surface area (Å²) in [7, 11) is -4.52. The highest BCUT2D eigenvalue weighted by atomic mass is 32.3. The molecule has 0 aromatic carbocycles. The Kier molecular flexibility index (Phi) is 7.59. The second-order valence-electron chi connectivity index (χ2n) is 9.67. The van der Waals surface area contributed by atoms with Crippen LogP contribution in [-0.2, 0) is 33.2 Å². The van der Waals surface area contributed by atoms with Gasteiger partial charge in [0.15, 0.2) is 0 Å². The molecule has 2 rings (SSSR count). The van der Waals surface area contributed by atoms with E-state index in [0.717, 1.165) is 5.06 Å². The van der Waals surface area contributed by atoms with Crippen LogP contribution in [0.5, 0.6) is 0 Å². The molecule has 0 saturated carbocycles. The minimum Gasteiger partial charge on any atom is -0.465 e. The van der Waals surface area contributed by atoms with Gasteiger partial charge in [0.1, 0.15) is 6.04 Å². The molecule has 11 nitrogen and oxygen atoms in total. The minimum absolute atomic E-state index is 0.165. The van der Waals surface area contributed by atoms with Crippen LogP contribution in [0.15, 0.2) is 0 Å². The monoisotopic (exact) mass is 463 g/mol. The van der Waals surface area contributed by atoms with Gasteiger partial charge >= 0.3 is 22.4 Å². The van der Waals surface area contributed by atoms with Crippen LogP contribution < -0.4 is 5.73 Å². The Bertz CT molecular complexity index is 811. The zero-order valence-electron chi connectivity index (χ0n) is 18.8. The number of fused-ring (bicyclic) bond motifs is 2.